The van der Waals surface area contributed by atoms with Crippen LogP contribution in [0, 0.1) is 0 Å². The molecule has 4 aromatic carbocycles. The predicted molar refractivity (Wildman–Crippen MR) is 155 cm³/mol. The molecule has 4 unspecified atom stereocenters. The van der Waals surface area contributed by atoms with E-state index in [4.69, 9.17) is 0 Å². The third-order valence-corrected chi connectivity index (χ3v) is 90.9. The van der Waals surface area contributed by atoms with Gasteiger partial charge in [-0.2, -0.15) is 0 Å². The molecular weight excluding hydrogens is 703 g/mol. The van der Waals surface area contributed by atoms with Crippen molar-refractivity contribution in [2.24, 2.45) is 0 Å². The van der Waals surface area contributed by atoms with Crippen LogP contribution in [0.15, 0.2) is 121 Å². The minimum atomic E-state index is -3.40. The van der Waals surface area contributed by atoms with Gasteiger partial charge in [-0.05, 0) is 0 Å². The molecule has 4 atom stereocenters. The average Bonchev–Trinajstić information content (AvgIpc) is 3.93. The van der Waals surface area contributed by atoms with E-state index in [9.17, 15) is 0 Å². The van der Waals surface area contributed by atoms with Crippen molar-refractivity contribution in [2.75, 3.05) is 0 Å². The molecule has 6 heteroatoms. The van der Waals surface area contributed by atoms with Crippen molar-refractivity contribution in [3.05, 3.63) is 121 Å². The van der Waals surface area contributed by atoms with Crippen LogP contribution in [0.4, 0.5) is 0 Å². The Morgan fingerprint density at radius 3 is 0.900 bits per heavy atom. The van der Waals surface area contributed by atoms with Crippen LogP contribution < -0.4 is 46.0 Å². The zero-order valence-electron chi connectivity index (χ0n) is 21.6. The van der Waals surface area contributed by atoms with Gasteiger partial charge in [0.05, 0.1) is 0 Å². The molecule has 0 aromatic heterocycles. The van der Waals surface area contributed by atoms with E-state index in [0.717, 1.165) is 2.79 Å². The fourth-order valence-corrected chi connectivity index (χ4v) is 153. The van der Waals surface area contributed by atoms with Crippen molar-refractivity contribution in [1.29, 1.82) is 0 Å². The van der Waals surface area contributed by atoms with Gasteiger partial charge in [0.1, 0.15) is 0 Å². The fourth-order valence-electron chi connectivity index (χ4n) is 19.2. The number of fused-ring (bicyclic) bond motifs is 10. The van der Waals surface area contributed by atoms with Crippen molar-refractivity contribution in [2.45, 2.75) is 46.1 Å². The van der Waals surface area contributed by atoms with Gasteiger partial charge in [-0.25, -0.2) is 0 Å². The SMILES string of the molecule is [Cl-].[Cl-].c1ccc([P](c2ccccc2)[Pd+2]([P](c2ccccc2)c2ccccc2)[C]23[CH]4[CH]5[CH]6[CH]2[Fe]56432789[CH]3[CH]2[CH]7[CH]8[CH]39)cc1. The zero-order chi connectivity index (χ0) is 24.2. The first-order chi connectivity index (χ1) is 18.6. The Morgan fingerprint density at radius 1 is 0.425 bits per heavy atom. The summed E-state index contributed by atoms with van der Waals surface area (Å²) in [4.78, 5) is 12.4. The Balaban J connectivity index is 0.00000100. The first-order valence-electron chi connectivity index (χ1n) is 14.2. The van der Waals surface area contributed by atoms with Crippen LogP contribution in [0.1, 0.15) is 0 Å². The first kappa shape index (κ1) is 23.0. The van der Waals surface area contributed by atoms with E-state index in [2.05, 4.69) is 121 Å². The predicted octanol–water partition coefficient (Wildman–Crippen LogP) is 2.43. The van der Waals surface area contributed by atoms with Gasteiger partial charge < -0.3 is 24.8 Å². The standard InChI is InChI=1S/2C12H10P.C5H5.C5H4.2ClH.Fe.Pd/c2*1-3-7-11(8-4-1)13-12-9-5-2-6-10-12;2*1-2-4-5-3-1;;;;/h2*1-10H;1-5H;1-4H;2*1H;;/q2*-1;;;;;;+4/p-2. The Morgan fingerprint density at radius 2 is 0.700 bits per heavy atom. The minimum absolute atomic E-state index is 0. The molecule has 10 aliphatic rings. The normalized spacial score (nSPS) is 57.1. The first-order valence-corrected chi connectivity index (χ1v) is 27.8. The van der Waals surface area contributed by atoms with E-state index in [1.807, 2.05) is 0 Å². The molecular formula is C34H29Cl2FeP2Pd. The molecule has 0 saturated carbocycles. The molecule has 0 nitrogen and oxygen atoms in total. The molecule has 40 heavy (non-hydrogen) atoms. The summed E-state index contributed by atoms with van der Waals surface area (Å²) in [5.74, 6) is 0. The van der Waals surface area contributed by atoms with E-state index in [1.54, 1.807) is 21.2 Å². The van der Waals surface area contributed by atoms with Crippen molar-refractivity contribution in [1.82, 2.24) is 0 Å². The van der Waals surface area contributed by atoms with Gasteiger partial charge in [-0.3, -0.25) is 0 Å². The Hall–Kier alpha value is -0.498. The molecule has 0 bridgehead atoms. The molecule has 10 saturated heterocycles. The molecule has 10 heterocycles. The number of benzene rings is 4. The van der Waals surface area contributed by atoms with Crippen LogP contribution in [0.3, 0.4) is 0 Å². The van der Waals surface area contributed by atoms with Crippen molar-refractivity contribution in [3.63, 3.8) is 0 Å². The van der Waals surface area contributed by atoms with Gasteiger partial charge in [-0.15, -0.1) is 0 Å². The van der Waals surface area contributed by atoms with Gasteiger partial charge >= 0.3 is 223 Å². The molecule has 10 fully saturated rings. The van der Waals surface area contributed by atoms with Gasteiger partial charge in [-0.1, -0.05) is 0 Å². The maximum atomic E-state index is 2.54. The van der Waals surface area contributed by atoms with Crippen molar-refractivity contribution < 1.29 is 47.1 Å². The summed E-state index contributed by atoms with van der Waals surface area (Å²) >= 11 is -0.989. The van der Waals surface area contributed by atoms with Crippen LogP contribution in [-0.2, 0) is 22.3 Å². The monoisotopic (exact) mass is 731 g/mol. The Bertz CT molecular complexity index is 1900. The maximum absolute atomic E-state index is 3.40. The Kier molecular flexibility index (Phi) is 2.21. The van der Waals surface area contributed by atoms with E-state index in [1.165, 1.54) is 43.3 Å². The van der Waals surface area contributed by atoms with Crippen LogP contribution >= 0.6 is 12.2 Å². The third kappa shape index (κ3) is 0.663. The zero-order valence-corrected chi connectivity index (χ0v) is 27.5. The number of hydrogen-bond donors (Lipinski definition) is 0. The van der Waals surface area contributed by atoms with Crippen molar-refractivity contribution in [3.8, 4) is 0 Å². The molecule has 10 aliphatic heterocycles. The van der Waals surface area contributed by atoms with E-state index < -0.39 is 22.3 Å². The second-order valence-corrected chi connectivity index (χ2v) is 54.0. The molecule has 207 valence electrons. The summed E-state index contributed by atoms with van der Waals surface area (Å²) in [5, 5.41) is 6.80. The fraction of sp³-hybridized carbons (Fsp3) is 0.294. The summed E-state index contributed by atoms with van der Waals surface area (Å²) in [6, 6.07) is 48.1. The van der Waals surface area contributed by atoms with E-state index in [-0.39, 0.29) is 37.0 Å². The van der Waals surface area contributed by atoms with Gasteiger partial charge in [0.25, 0.3) is 0 Å². The average molecular weight is 733 g/mol. The molecule has 14 rings (SSSR count). The summed E-state index contributed by atoms with van der Waals surface area (Å²) in [6.07, 6.45) is -0.653. The molecule has 0 N–H and O–H groups in total. The summed E-state index contributed by atoms with van der Waals surface area (Å²) in [6.45, 7) is -3.40. The molecule has 0 radical (unpaired) electrons. The van der Waals surface area contributed by atoms with Gasteiger partial charge in [0.2, 0.25) is 0 Å². The van der Waals surface area contributed by atoms with Crippen LogP contribution in [0.25, 0.3) is 0 Å². The second-order valence-electron chi connectivity index (χ2n) is 15.6. The summed E-state index contributed by atoms with van der Waals surface area (Å²) < 4.78 is 0.944. The third-order valence-electron chi connectivity index (χ3n) is 18.8. The van der Waals surface area contributed by atoms with E-state index in [0.29, 0.717) is 0 Å². The van der Waals surface area contributed by atoms with Crippen LogP contribution in [0.5, 0.6) is 0 Å². The summed E-state index contributed by atoms with van der Waals surface area (Å²) in [5.41, 5.74) is 0. The molecule has 1 spiro atoms. The molecule has 0 amide bonds. The molecule has 0 aliphatic carbocycles. The van der Waals surface area contributed by atoms with Gasteiger partial charge in [0, 0.05) is 0 Å². The molecule has 4 aromatic rings. The van der Waals surface area contributed by atoms with E-state index >= 15 is 0 Å². The van der Waals surface area contributed by atoms with Crippen molar-refractivity contribution >= 4 is 33.4 Å². The van der Waals surface area contributed by atoms with Crippen LogP contribution in [-0.4, -0.2) is 0 Å². The quantitative estimate of drug-likeness (QED) is 0.203. The number of rotatable bonds is 7. The van der Waals surface area contributed by atoms with Crippen LogP contribution in [0.2, 0.25) is 46.1 Å². The van der Waals surface area contributed by atoms with Gasteiger partial charge in [0.15, 0.2) is 0 Å². The second kappa shape index (κ2) is 3.86. The number of hydrogen-bond acceptors (Lipinski definition) is 0. The topological polar surface area (TPSA) is 0 Å². The Labute approximate surface area is 246 Å². The summed E-state index contributed by atoms with van der Waals surface area (Å²) in [7, 11) is 0. The number of halogens is 2.